The van der Waals surface area contributed by atoms with E-state index in [2.05, 4.69) is 0 Å². The largest absolute Gasteiger partial charge is 0.446 e. The molecular formula is C22H24O5. The Morgan fingerprint density at radius 3 is 2.33 bits per heavy atom. The molecular weight excluding hydrogens is 344 g/mol. The van der Waals surface area contributed by atoms with Crippen LogP contribution in [0.15, 0.2) is 41.7 Å². The topological polar surface area (TPSA) is 69.7 Å². The SMILES string of the molecule is CC1=C(OC(=O)[C@@]23CC[C@@](C)(C(=O)O2)C3(C)C)C(=O)C[C@H]1c1ccccc1. The van der Waals surface area contributed by atoms with Crippen molar-refractivity contribution in [3.8, 4) is 0 Å². The van der Waals surface area contributed by atoms with E-state index in [1.165, 1.54) is 0 Å². The van der Waals surface area contributed by atoms with E-state index in [1.807, 2.05) is 58.0 Å². The number of rotatable bonds is 3. The number of hydrogen-bond donors (Lipinski definition) is 0. The normalized spacial score (nSPS) is 34.1. The quantitative estimate of drug-likeness (QED) is 0.761. The maximum absolute atomic E-state index is 13.1. The first-order valence-corrected chi connectivity index (χ1v) is 9.39. The van der Waals surface area contributed by atoms with Gasteiger partial charge >= 0.3 is 11.9 Å². The van der Waals surface area contributed by atoms with Gasteiger partial charge < -0.3 is 9.47 Å². The molecule has 2 aliphatic carbocycles. The Bertz CT molecular complexity index is 881. The lowest BCUT2D eigenvalue weighted by Crippen LogP contribution is -2.48. The summed E-state index contributed by atoms with van der Waals surface area (Å²) < 4.78 is 11.2. The molecule has 1 aromatic rings. The first kappa shape index (κ1) is 18.0. The standard InChI is InChI=1S/C22H24O5/c1-13-15(14-8-6-5-7-9-14)12-16(23)17(13)26-19(25)22-11-10-21(4,18(24)27-22)20(22,2)3/h5-9,15H,10-12H2,1-4H3/t15-,21+,22-/m1/s1. The Hall–Kier alpha value is -2.43. The number of benzene rings is 1. The summed E-state index contributed by atoms with van der Waals surface area (Å²) in [5, 5.41) is 0. The minimum Gasteiger partial charge on any atom is -0.446 e. The van der Waals surface area contributed by atoms with Crippen molar-refractivity contribution in [2.45, 2.75) is 58.5 Å². The summed E-state index contributed by atoms with van der Waals surface area (Å²) >= 11 is 0. The summed E-state index contributed by atoms with van der Waals surface area (Å²) in [4.78, 5) is 38.1. The van der Waals surface area contributed by atoms with Crippen molar-refractivity contribution >= 4 is 17.7 Å². The van der Waals surface area contributed by atoms with Crippen LogP contribution in [0.2, 0.25) is 0 Å². The number of esters is 2. The Kier molecular flexibility index (Phi) is 3.68. The molecule has 0 unspecified atom stereocenters. The summed E-state index contributed by atoms with van der Waals surface area (Å²) in [6.07, 6.45) is 1.28. The van der Waals surface area contributed by atoms with Gasteiger partial charge in [-0.15, -0.1) is 0 Å². The fourth-order valence-corrected chi connectivity index (χ4v) is 4.88. The van der Waals surface area contributed by atoms with Crippen molar-refractivity contribution in [1.82, 2.24) is 0 Å². The molecule has 4 rings (SSSR count). The fourth-order valence-electron chi connectivity index (χ4n) is 4.88. The highest BCUT2D eigenvalue weighted by molar-refractivity contribution is 6.02. The van der Waals surface area contributed by atoms with Gasteiger partial charge in [-0.05, 0) is 37.8 Å². The summed E-state index contributed by atoms with van der Waals surface area (Å²) in [5.74, 6) is -1.16. The van der Waals surface area contributed by atoms with Gasteiger partial charge in [0, 0.05) is 17.8 Å². The predicted molar refractivity (Wildman–Crippen MR) is 97.5 cm³/mol. The van der Waals surface area contributed by atoms with Gasteiger partial charge in [0.15, 0.2) is 11.5 Å². The van der Waals surface area contributed by atoms with Crippen LogP contribution in [-0.2, 0) is 23.9 Å². The number of ether oxygens (including phenoxy) is 2. The van der Waals surface area contributed by atoms with E-state index in [4.69, 9.17) is 9.47 Å². The Balaban J connectivity index is 1.65. The molecule has 2 bridgehead atoms. The van der Waals surface area contributed by atoms with E-state index in [0.29, 0.717) is 12.8 Å². The van der Waals surface area contributed by atoms with E-state index in [9.17, 15) is 14.4 Å². The van der Waals surface area contributed by atoms with Gasteiger partial charge in [0.25, 0.3) is 0 Å². The maximum atomic E-state index is 13.1. The minimum atomic E-state index is -1.32. The number of carbonyl (C=O) groups excluding carboxylic acids is 3. The molecule has 1 heterocycles. The highest BCUT2D eigenvalue weighted by atomic mass is 16.6. The molecule has 0 radical (unpaired) electrons. The first-order chi connectivity index (χ1) is 12.6. The Morgan fingerprint density at radius 1 is 1.11 bits per heavy atom. The molecule has 1 aromatic carbocycles. The molecule has 5 nitrogen and oxygen atoms in total. The average Bonchev–Trinajstić information content (AvgIpc) is 3.09. The van der Waals surface area contributed by atoms with Crippen molar-refractivity contribution in [3.63, 3.8) is 0 Å². The first-order valence-electron chi connectivity index (χ1n) is 9.39. The molecule has 5 heteroatoms. The monoisotopic (exact) mass is 368 g/mol. The highest BCUT2D eigenvalue weighted by Crippen LogP contribution is 2.66. The van der Waals surface area contributed by atoms with Crippen LogP contribution in [0.1, 0.15) is 58.4 Å². The number of carbonyl (C=O) groups is 3. The predicted octanol–water partition coefficient (Wildman–Crippen LogP) is 3.68. The molecule has 2 fully saturated rings. The van der Waals surface area contributed by atoms with Gasteiger partial charge in [0.1, 0.15) is 0 Å². The number of ketones is 1. The van der Waals surface area contributed by atoms with Gasteiger partial charge in [-0.25, -0.2) is 4.79 Å². The van der Waals surface area contributed by atoms with Crippen LogP contribution in [0.4, 0.5) is 0 Å². The van der Waals surface area contributed by atoms with Crippen molar-refractivity contribution in [3.05, 3.63) is 47.2 Å². The van der Waals surface area contributed by atoms with Gasteiger partial charge in [0.05, 0.1) is 5.41 Å². The minimum absolute atomic E-state index is 0.0908. The summed E-state index contributed by atoms with van der Waals surface area (Å²) in [7, 11) is 0. The van der Waals surface area contributed by atoms with Crippen molar-refractivity contribution in [1.29, 1.82) is 0 Å². The van der Waals surface area contributed by atoms with Crippen molar-refractivity contribution in [2.24, 2.45) is 10.8 Å². The fraction of sp³-hybridized carbons (Fsp3) is 0.500. The lowest BCUT2D eigenvalue weighted by Gasteiger charge is -2.34. The number of fused-ring (bicyclic) bond motifs is 2. The molecule has 27 heavy (non-hydrogen) atoms. The second-order valence-electron chi connectivity index (χ2n) is 8.67. The highest BCUT2D eigenvalue weighted by Gasteiger charge is 2.76. The van der Waals surface area contributed by atoms with Gasteiger partial charge in [-0.3, -0.25) is 9.59 Å². The summed E-state index contributed by atoms with van der Waals surface area (Å²) in [6.45, 7) is 7.41. The van der Waals surface area contributed by atoms with E-state index in [0.717, 1.165) is 11.1 Å². The van der Waals surface area contributed by atoms with Crippen LogP contribution < -0.4 is 0 Å². The zero-order valence-corrected chi connectivity index (χ0v) is 16.1. The van der Waals surface area contributed by atoms with Crippen molar-refractivity contribution in [2.75, 3.05) is 0 Å². The zero-order chi connectivity index (χ0) is 19.6. The second kappa shape index (κ2) is 5.54. The van der Waals surface area contributed by atoms with E-state index in [-0.39, 0.29) is 29.9 Å². The average molecular weight is 368 g/mol. The van der Waals surface area contributed by atoms with Gasteiger partial charge in [-0.2, -0.15) is 0 Å². The van der Waals surface area contributed by atoms with Crippen LogP contribution in [0, 0.1) is 10.8 Å². The van der Waals surface area contributed by atoms with Crippen LogP contribution >= 0.6 is 0 Å². The molecule has 1 aliphatic heterocycles. The third-order valence-corrected chi connectivity index (χ3v) is 7.33. The smallest absolute Gasteiger partial charge is 0.356 e. The third-order valence-electron chi connectivity index (χ3n) is 7.33. The molecule has 142 valence electrons. The van der Waals surface area contributed by atoms with Crippen LogP contribution in [-0.4, -0.2) is 23.3 Å². The second-order valence-corrected chi connectivity index (χ2v) is 8.67. The van der Waals surface area contributed by atoms with Gasteiger partial charge in [-0.1, -0.05) is 44.2 Å². The van der Waals surface area contributed by atoms with Crippen LogP contribution in [0.25, 0.3) is 0 Å². The van der Waals surface area contributed by atoms with E-state index >= 15 is 0 Å². The number of hydrogen-bond acceptors (Lipinski definition) is 5. The molecule has 1 saturated heterocycles. The molecule has 3 aliphatic rings. The molecule has 0 amide bonds. The van der Waals surface area contributed by atoms with Crippen LogP contribution in [0.5, 0.6) is 0 Å². The number of allylic oxidation sites excluding steroid dienone is 2. The lowest BCUT2D eigenvalue weighted by molar-refractivity contribution is -0.180. The molecule has 1 saturated carbocycles. The van der Waals surface area contributed by atoms with E-state index in [1.54, 1.807) is 0 Å². The molecule has 0 spiro atoms. The maximum Gasteiger partial charge on any atom is 0.356 e. The molecule has 3 atom stereocenters. The third kappa shape index (κ3) is 2.14. The molecule has 0 aromatic heterocycles. The zero-order valence-electron chi connectivity index (χ0n) is 16.1. The number of Topliss-reactive ketones (excluding diaryl/α,β-unsaturated/α-hetero) is 1. The Morgan fingerprint density at radius 2 is 1.78 bits per heavy atom. The van der Waals surface area contributed by atoms with Crippen LogP contribution in [0.3, 0.4) is 0 Å². The van der Waals surface area contributed by atoms with Gasteiger partial charge in [0.2, 0.25) is 5.60 Å². The Labute approximate surface area is 158 Å². The van der Waals surface area contributed by atoms with Crippen molar-refractivity contribution < 1.29 is 23.9 Å². The molecule has 0 N–H and O–H groups in total. The summed E-state index contributed by atoms with van der Waals surface area (Å²) in [6, 6.07) is 9.71. The van der Waals surface area contributed by atoms with E-state index < -0.39 is 22.4 Å². The lowest BCUT2D eigenvalue weighted by atomic mass is 9.66. The summed E-state index contributed by atoms with van der Waals surface area (Å²) in [5.41, 5.74) is -0.949.